The van der Waals surface area contributed by atoms with Crippen LogP contribution in [-0.4, -0.2) is 16.1 Å². The van der Waals surface area contributed by atoms with Crippen molar-refractivity contribution in [2.24, 2.45) is 0 Å². The fraction of sp³-hybridized carbons (Fsp3) is 0.250. The largest absolute Gasteiger partial charge is 0.306 e. The third-order valence-corrected chi connectivity index (χ3v) is 1.28. The Morgan fingerprint density at radius 3 is 3.00 bits per heavy atom. The van der Waals surface area contributed by atoms with Crippen LogP contribution in [0, 0.1) is 6.92 Å². The molecule has 0 bridgehead atoms. The number of aromatic amines is 1. The summed E-state index contributed by atoms with van der Waals surface area (Å²) in [4.78, 5) is 11.0. The average molecular weight is 165 g/mol. The molecule has 1 amide bonds. The number of nitrogens with one attached hydrogen (secondary N) is 2. The second kappa shape index (κ2) is 3.71. The molecule has 0 unspecified atom stereocenters. The van der Waals surface area contributed by atoms with E-state index in [-0.39, 0.29) is 5.91 Å². The lowest BCUT2D eigenvalue weighted by atomic mass is 10.4. The van der Waals surface area contributed by atoms with Gasteiger partial charge in [0.15, 0.2) is 5.82 Å². The molecule has 12 heavy (non-hydrogen) atoms. The molecule has 4 nitrogen and oxygen atoms in total. The second-order valence-corrected chi connectivity index (χ2v) is 2.43. The molecule has 0 saturated carbocycles. The van der Waals surface area contributed by atoms with Crippen LogP contribution in [0.25, 0.3) is 0 Å². The standard InChI is InChI=1S/C8H11N3O/c1-3-4-8(12)9-7-5-6(2)10-11-7/h3-5H,1-2H3,(H2,9,10,11,12)/b4-3+. The number of hydrogen-bond acceptors (Lipinski definition) is 2. The maximum atomic E-state index is 11.0. The Hall–Kier alpha value is -1.58. The molecule has 0 radical (unpaired) electrons. The minimum absolute atomic E-state index is 0.163. The van der Waals surface area contributed by atoms with E-state index in [2.05, 4.69) is 15.5 Å². The van der Waals surface area contributed by atoms with Crippen molar-refractivity contribution >= 4 is 11.7 Å². The van der Waals surface area contributed by atoms with Gasteiger partial charge >= 0.3 is 0 Å². The number of nitrogens with zero attached hydrogens (tertiary/aromatic N) is 1. The molecular formula is C8H11N3O. The Labute approximate surface area is 70.7 Å². The van der Waals surface area contributed by atoms with Gasteiger partial charge in [-0.3, -0.25) is 9.89 Å². The summed E-state index contributed by atoms with van der Waals surface area (Å²) in [6.45, 7) is 3.66. The summed E-state index contributed by atoms with van der Waals surface area (Å²) in [6, 6.07) is 1.77. The molecule has 2 N–H and O–H groups in total. The van der Waals surface area contributed by atoms with Crippen molar-refractivity contribution in [3.8, 4) is 0 Å². The fourth-order valence-corrected chi connectivity index (χ4v) is 0.801. The molecule has 4 heteroatoms. The molecule has 0 saturated heterocycles. The van der Waals surface area contributed by atoms with Gasteiger partial charge in [0.05, 0.1) is 0 Å². The molecular weight excluding hydrogens is 154 g/mol. The number of aromatic nitrogens is 2. The monoisotopic (exact) mass is 165 g/mol. The molecule has 0 aliphatic carbocycles. The maximum absolute atomic E-state index is 11.0. The smallest absolute Gasteiger partial charge is 0.249 e. The van der Waals surface area contributed by atoms with Gasteiger partial charge in [-0.05, 0) is 19.9 Å². The number of rotatable bonds is 2. The van der Waals surface area contributed by atoms with Crippen LogP contribution in [0.4, 0.5) is 5.82 Å². The van der Waals surface area contributed by atoms with E-state index in [1.54, 1.807) is 19.1 Å². The number of amides is 1. The number of allylic oxidation sites excluding steroid dienone is 1. The van der Waals surface area contributed by atoms with Gasteiger partial charge in [0.1, 0.15) is 0 Å². The Morgan fingerprint density at radius 2 is 2.50 bits per heavy atom. The van der Waals surface area contributed by atoms with Crippen LogP contribution >= 0.6 is 0 Å². The molecule has 1 heterocycles. The van der Waals surface area contributed by atoms with Gasteiger partial charge in [-0.1, -0.05) is 6.08 Å². The van der Waals surface area contributed by atoms with E-state index in [4.69, 9.17) is 0 Å². The van der Waals surface area contributed by atoms with Crippen molar-refractivity contribution in [1.82, 2.24) is 10.2 Å². The zero-order valence-electron chi connectivity index (χ0n) is 7.09. The summed E-state index contributed by atoms with van der Waals surface area (Å²) < 4.78 is 0. The van der Waals surface area contributed by atoms with E-state index < -0.39 is 0 Å². The van der Waals surface area contributed by atoms with Gasteiger partial charge in [-0.2, -0.15) is 5.10 Å². The van der Waals surface area contributed by atoms with Crippen LogP contribution < -0.4 is 5.32 Å². The number of anilines is 1. The SMILES string of the molecule is C/C=C/C(=O)Nc1cc(C)[nH]n1. The van der Waals surface area contributed by atoms with E-state index in [1.807, 2.05) is 6.92 Å². The topological polar surface area (TPSA) is 57.8 Å². The summed E-state index contributed by atoms with van der Waals surface area (Å²) in [5.74, 6) is 0.389. The van der Waals surface area contributed by atoms with Crippen LogP contribution in [0.3, 0.4) is 0 Å². The lowest BCUT2D eigenvalue weighted by molar-refractivity contribution is -0.111. The first-order valence-corrected chi connectivity index (χ1v) is 3.68. The van der Waals surface area contributed by atoms with Crippen molar-refractivity contribution in [3.05, 3.63) is 23.9 Å². The Kier molecular flexibility index (Phi) is 2.63. The average Bonchev–Trinajstić information content (AvgIpc) is 2.36. The summed E-state index contributed by atoms with van der Waals surface area (Å²) in [7, 11) is 0. The van der Waals surface area contributed by atoms with Crippen molar-refractivity contribution in [2.75, 3.05) is 5.32 Å². The van der Waals surface area contributed by atoms with Crippen molar-refractivity contribution in [1.29, 1.82) is 0 Å². The maximum Gasteiger partial charge on any atom is 0.249 e. The molecule has 0 fully saturated rings. The van der Waals surface area contributed by atoms with E-state index in [1.165, 1.54) is 6.08 Å². The molecule has 0 aromatic carbocycles. The lowest BCUT2D eigenvalue weighted by Crippen LogP contribution is -2.07. The third-order valence-electron chi connectivity index (χ3n) is 1.28. The normalized spacial score (nSPS) is 10.5. The molecule has 64 valence electrons. The van der Waals surface area contributed by atoms with Crippen molar-refractivity contribution in [2.45, 2.75) is 13.8 Å². The minimum atomic E-state index is -0.163. The van der Waals surface area contributed by atoms with E-state index in [0.29, 0.717) is 5.82 Å². The van der Waals surface area contributed by atoms with Crippen LogP contribution in [0.2, 0.25) is 0 Å². The van der Waals surface area contributed by atoms with Crippen LogP contribution in [-0.2, 0) is 4.79 Å². The molecule has 0 spiro atoms. The van der Waals surface area contributed by atoms with Crippen molar-refractivity contribution < 1.29 is 4.79 Å². The van der Waals surface area contributed by atoms with Gasteiger partial charge < -0.3 is 5.32 Å². The fourth-order valence-electron chi connectivity index (χ4n) is 0.801. The minimum Gasteiger partial charge on any atom is -0.306 e. The highest BCUT2D eigenvalue weighted by Crippen LogP contribution is 2.02. The summed E-state index contributed by atoms with van der Waals surface area (Å²) >= 11 is 0. The summed E-state index contributed by atoms with van der Waals surface area (Å²) in [6.07, 6.45) is 3.12. The predicted octanol–water partition coefficient (Wildman–Crippen LogP) is 1.23. The van der Waals surface area contributed by atoms with Gasteiger partial charge in [0.25, 0.3) is 0 Å². The first kappa shape index (κ1) is 8.52. The molecule has 0 aliphatic heterocycles. The first-order valence-electron chi connectivity index (χ1n) is 3.68. The highest BCUT2D eigenvalue weighted by Gasteiger charge is 1.99. The van der Waals surface area contributed by atoms with Gasteiger partial charge in [-0.25, -0.2) is 0 Å². The lowest BCUT2D eigenvalue weighted by Gasteiger charge is -1.93. The van der Waals surface area contributed by atoms with Gasteiger partial charge in [-0.15, -0.1) is 0 Å². The third kappa shape index (κ3) is 2.23. The first-order chi connectivity index (χ1) is 5.72. The molecule has 0 aliphatic rings. The van der Waals surface area contributed by atoms with Crippen molar-refractivity contribution in [3.63, 3.8) is 0 Å². The highest BCUT2D eigenvalue weighted by molar-refractivity contribution is 5.98. The second-order valence-electron chi connectivity index (χ2n) is 2.43. The quantitative estimate of drug-likeness (QED) is 0.647. The van der Waals surface area contributed by atoms with Gasteiger partial charge in [0, 0.05) is 11.8 Å². The Bertz CT molecular complexity index is 301. The highest BCUT2D eigenvalue weighted by atomic mass is 16.1. The molecule has 1 aromatic rings. The molecule has 1 rings (SSSR count). The Balaban J connectivity index is 2.58. The van der Waals surface area contributed by atoms with Gasteiger partial charge in [0.2, 0.25) is 5.91 Å². The zero-order chi connectivity index (χ0) is 8.97. The predicted molar refractivity (Wildman–Crippen MR) is 46.8 cm³/mol. The van der Waals surface area contributed by atoms with Crippen LogP contribution in [0.1, 0.15) is 12.6 Å². The molecule has 0 atom stereocenters. The molecule has 1 aromatic heterocycles. The van der Waals surface area contributed by atoms with E-state index in [9.17, 15) is 4.79 Å². The van der Waals surface area contributed by atoms with Crippen LogP contribution in [0.15, 0.2) is 18.2 Å². The number of carbonyl (C=O) groups is 1. The van der Waals surface area contributed by atoms with Crippen LogP contribution in [0.5, 0.6) is 0 Å². The van der Waals surface area contributed by atoms with E-state index in [0.717, 1.165) is 5.69 Å². The van der Waals surface area contributed by atoms with E-state index >= 15 is 0 Å². The number of H-pyrrole nitrogens is 1. The summed E-state index contributed by atoms with van der Waals surface area (Å²) in [5.41, 5.74) is 0.922. The number of hydrogen-bond donors (Lipinski definition) is 2. The number of carbonyl (C=O) groups excluding carboxylic acids is 1. The zero-order valence-corrected chi connectivity index (χ0v) is 7.09. The number of aryl methyl sites for hydroxylation is 1. The Morgan fingerprint density at radius 1 is 1.75 bits per heavy atom. The summed E-state index contributed by atoms with van der Waals surface area (Å²) in [5, 5.41) is 9.17.